The number of carbonyl (C=O) groups excluding carboxylic acids is 2. The number of imide groups is 1. The van der Waals surface area contributed by atoms with Crippen molar-refractivity contribution in [2.45, 2.75) is 6.18 Å². The highest BCUT2D eigenvalue weighted by molar-refractivity contribution is 6.41. The van der Waals surface area contributed by atoms with Gasteiger partial charge in [0.2, 0.25) is 0 Å². The first-order chi connectivity index (χ1) is 12.2. The van der Waals surface area contributed by atoms with E-state index in [-0.39, 0.29) is 11.1 Å². The van der Waals surface area contributed by atoms with Crippen LogP contribution < -0.4 is 4.90 Å². The Balaban J connectivity index is 2.25. The second kappa shape index (κ2) is 6.33. The molecule has 1 aliphatic heterocycles. The third kappa shape index (κ3) is 2.96. The molecule has 0 N–H and O–H groups in total. The lowest BCUT2D eigenvalue weighted by atomic mass is 9.93. The molecular weight excluding hydrogens is 345 g/mol. The average molecular weight is 360 g/mol. The largest absolute Gasteiger partial charge is 0.418 e. The van der Waals surface area contributed by atoms with Gasteiger partial charge in [0.1, 0.15) is 0 Å². The van der Waals surface area contributed by atoms with E-state index >= 15 is 0 Å². The summed E-state index contributed by atoms with van der Waals surface area (Å²) >= 11 is 0. The minimum absolute atomic E-state index is 0.155. The van der Waals surface area contributed by atoms with Crippen molar-refractivity contribution in [2.24, 2.45) is 0 Å². The molecule has 3 rings (SSSR count). The number of halogens is 3. The lowest BCUT2D eigenvalue weighted by molar-refractivity contribution is -0.137. The fourth-order valence-electron chi connectivity index (χ4n) is 2.86. The van der Waals surface area contributed by atoms with E-state index in [1.54, 1.807) is 37.2 Å². The van der Waals surface area contributed by atoms with Crippen molar-refractivity contribution in [1.82, 2.24) is 4.90 Å². The molecule has 0 atom stereocenters. The zero-order valence-corrected chi connectivity index (χ0v) is 14.0. The Morgan fingerprint density at radius 1 is 0.885 bits per heavy atom. The Morgan fingerprint density at radius 2 is 1.46 bits per heavy atom. The fourth-order valence-corrected chi connectivity index (χ4v) is 2.86. The maximum atomic E-state index is 13.4. The molecule has 1 aliphatic rings. The summed E-state index contributed by atoms with van der Waals surface area (Å²) in [5.41, 5.74) is -0.782. The molecule has 0 fully saturated rings. The van der Waals surface area contributed by atoms with Crippen molar-refractivity contribution in [3.05, 3.63) is 71.4 Å². The molecule has 0 saturated heterocycles. The van der Waals surface area contributed by atoms with Gasteiger partial charge in [-0.05, 0) is 18.2 Å². The lowest BCUT2D eigenvalue weighted by Crippen LogP contribution is -2.43. The normalized spacial score (nSPS) is 16.0. The second-order valence-corrected chi connectivity index (χ2v) is 6.01. The lowest BCUT2D eigenvalue weighted by Gasteiger charge is -2.30. The predicted octanol–water partition coefficient (Wildman–Crippen LogP) is 3.79. The summed E-state index contributed by atoms with van der Waals surface area (Å²) in [4.78, 5) is 28.0. The van der Waals surface area contributed by atoms with E-state index in [1.807, 2.05) is 0 Å². The molecule has 1 heterocycles. The van der Waals surface area contributed by atoms with Gasteiger partial charge >= 0.3 is 6.18 Å². The molecule has 0 aromatic heterocycles. The van der Waals surface area contributed by atoms with Crippen molar-refractivity contribution in [2.75, 3.05) is 19.0 Å². The van der Waals surface area contributed by atoms with Crippen LogP contribution in [0.15, 0.2) is 54.7 Å². The van der Waals surface area contributed by atoms with Crippen molar-refractivity contribution < 1.29 is 22.8 Å². The highest BCUT2D eigenvalue weighted by atomic mass is 19.4. The van der Waals surface area contributed by atoms with Crippen LogP contribution in [0.2, 0.25) is 0 Å². The zero-order valence-electron chi connectivity index (χ0n) is 14.0. The van der Waals surface area contributed by atoms with E-state index in [4.69, 9.17) is 0 Å². The molecule has 7 heteroatoms. The Labute approximate surface area is 148 Å². The van der Waals surface area contributed by atoms with Crippen LogP contribution in [0.3, 0.4) is 0 Å². The third-order valence-electron chi connectivity index (χ3n) is 3.92. The quantitative estimate of drug-likeness (QED) is 0.604. The van der Waals surface area contributed by atoms with Gasteiger partial charge in [0.05, 0.1) is 16.8 Å². The number of anilines is 1. The van der Waals surface area contributed by atoms with Gasteiger partial charge < -0.3 is 4.90 Å². The molecule has 0 saturated carbocycles. The molecule has 134 valence electrons. The molecular formula is C19H15F3N2O2. The number of hydrogen-bond acceptors (Lipinski definition) is 3. The first-order valence-corrected chi connectivity index (χ1v) is 7.74. The van der Waals surface area contributed by atoms with Crippen molar-refractivity contribution in [3.8, 4) is 0 Å². The van der Waals surface area contributed by atoms with Gasteiger partial charge in [-0.2, -0.15) is 13.2 Å². The SMILES string of the molecule is CN(C)/C=C1\C(=O)N(c2ccccc2C(F)(F)F)C(=O)c2ccccc21. The maximum absolute atomic E-state index is 13.4. The number of benzene rings is 2. The molecule has 0 unspecified atom stereocenters. The summed E-state index contributed by atoms with van der Waals surface area (Å²) < 4.78 is 40.2. The van der Waals surface area contributed by atoms with Crippen LogP contribution in [0.5, 0.6) is 0 Å². The van der Waals surface area contributed by atoms with E-state index in [0.29, 0.717) is 10.5 Å². The molecule has 4 nitrogen and oxygen atoms in total. The molecule has 0 bridgehead atoms. The van der Waals surface area contributed by atoms with Crippen molar-refractivity contribution in [3.63, 3.8) is 0 Å². The van der Waals surface area contributed by atoms with Gasteiger partial charge in [-0.1, -0.05) is 30.3 Å². The smallest absolute Gasteiger partial charge is 0.383 e. The van der Waals surface area contributed by atoms with Crippen molar-refractivity contribution >= 4 is 23.1 Å². The van der Waals surface area contributed by atoms with E-state index in [2.05, 4.69) is 0 Å². The first kappa shape index (κ1) is 17.7. The molecule has 2 aromatic rings. The van der Waals surface area contributed by atoms with Crippen LogP contribution in [-0.2, 0) is 11.0 Å². The summed E-state index contributed by atoms with van der Waals surface area (Å²) in [7, 11) is 3.38. The number of rotatable bonds is 2. The van der Waals surface area contributed by atoms with Crippen LogP contribution >= 0.6 is 0 Å². The minimum Gasteiger partial charge on any atom is -0.383 e. The Kier molecular flexibility index (Phi) is 4.31. The molecule has 2 aromatic carbocycles. The fraction of sp³-hybridized carbons (Fsp3) is 0.158. The summed E-state index contributed by atoms with van der Waals surface area (Å²) in [6.07, 6.45) is -3.20. The molecule has 0 spiro atoms. The standard InChI is InChI=1S/C19H15F3N2O2/c1-23(2)11-14-12-7-3-4-8-13(12)17(25)24(18(14)26)16-10-6-5-9-15(16)19(20,21)22/h3-11H,1-2H3/b14-11-. The highest BCUT2D eigenvalue weighted by Crippen LogP contribution is 2.40. The molecule has 2 amide bonds. The summed E-state index contributed by atoms with van der Waals surface area (Å²) in [6.45, 7) is 0. The highest BCUT2D eigenvalue weighted by Gasteiger charge is 2.41. The van der Waals surface area contributed by atoms with Crippen LogP contribution in [0.4, 0.5) is 18.9 Å². The van der Waals surface area contributed by atoms with E-state index < -0.39 is 29.2 Å². The molecule has 26 heavy (non-hydrogen) atoms. The predicted molar refractivity (Wildman–Crippen MR) is 91.4 cm³/mol. The van der Waals surface area contributed by atoms with Gasteiger partial charge in [-0.15, -0.1) is 0 Å². The number of alkyl halides is 3. The number of amides is 2. The zero-order chi connectivity index (χ0) is 19.1. The maximum Gasteiger partial charge on any atom is 0.418 e. The summed E-state index contributed by atoms with van der Waals surface area (Å²) in [6, 6.07) is 10.9. The van der Waals surface area contributed by atoms with Crippen LogP contribution in [0.25, 0.3) is 5.57 Å². The second-order valence-electron chi connectivity index (χ2n) is 6.01. The third-order valence-corrected chi connectivity index (χ3v) is 3.92. The number of para-hydroxylation sites is 1. The van der Waals surface area contributed by atoms with Crippen LogP contribution in [0.1, 0.15) is 21.5 Å². The average Bonchev–Trinajstić information content (AvgIpc) is 2.58. The summed E-state index contributed by atoms with van der Waals surface area (Å²) in [5, 5.41) is 0. The van der Waals surface area contributed by atoms with Gasteiger partial charge in [0, 0.05) is 31.4 Å². The number of nitrogens with zero attached hydrogens (tertiary/aromatic N) is 2. The van der Waals surface area contributed by atoms with Crippen molar-refractivity contribution in [1.29, 1.82) is 0 Å². The van der Waals surface area contributed by atoms with E-state index in [9.17, 15) is 22.8 Å². The van der Waals surface area contributed by atoms with Gasteiger partial charge in [-0.3, -0.25) is 9.59 Å². The number of carbonyl (C=O) groups is 2. The van der Waals surface area contributed by atoms with E-state index in [0.717, 1.165) is 12.1 Å². The van der Waals surface area contributed by atoms with E-state index in [1.165, 1.54) is 24.4 Å². The topological polar surface area (TPSA) is 40.6 Å². The van der Waals surface area contributed by atoms with Crippen LogP contribution in [-0.4, -0.2) is 30.8 Å². The number of hydrogen-bond donors (Lipinski definition) is 0. The number of fused-ring (bicyclic) bond motifs is 1. The van der Waals surface area contributed by atoms with Crippen LogP contribution in [0, 0.1) is 0 Å². The van der Waals surface area contributed by atoms with Gasteiger partial charge in [0.15, 0.2) is 0 Å². The Morgan fingerprint density at radius 3 is 2.08 bits per heavy atom. The Hall–Kier alpha value is -3.09. The minimum atomic E-state index is -4.69. The first-order valence-electron chi connectivity index (χ1n) is 7.74. The van der Waals surface area contributed by atoms with Gasteiger partial charge in [0.25, 0.3) is 11.8 Å². The molecule has 0 aliphatic carbocycles. The molecule has 0 radical (unpaired) electrons. The monoisotopic (exact) mass is 360 g/mol. The Bertz CT molecular complexity index is 917. The van der Waals surface area contributed by atoms with Gasteiger partial charge in [-0.25, -0.2) is 4.90 Å². The summed E-state index contributed by atoms with van der Waals surface area (Å²) in [5.74, 6) is -1.57.